The highest BCUT2D eigenvalue weighted by molar-refractivity contribution is 5.80. The van der Waals surface area contributed by atoms with Crippen LogP contribution in [0.3, 0.4) is 0 Å². The second kappa shape index (κ2) is 6.94. The molecule has 0 unspecified atom stereocenters. The summed E-state index contributed by atoms with van der Waals surface area (Å²) in [5.41, 5.74) is 11.5. The Labute approximate surface area is 159 Å². The van der Waals surface area contributed by atoms with E-state index in [-0.39, 0.29) is 11.2 Å². The van der Waals surface area contributed by atoms with Gasteiger partial charge < -0.3 is 5.73 Å². The van der Waals surface area contributed by atoms with Gasteiger partial charge in [0.2, 0.25) is 0 Å². The van der Waals surface area contributed by atoms with E-state index >= 15 is 0 Å². The number of rotatable bonds is 2. The van der Waals surface area contributed by atoms with Crippen LogP contribution >= 0.6 is 0 Å². The molecule has 0 aliphatic heterocycles. The molecule has 0 atom stereocenters. The van der Waals surface area contributed by atoms with Crippen LogP contribution in [0.4, 0.5) is 5.82 Å². The van der Waals surface area contributed by atoms with Gasteiger partial charge in [-0.25, -0.2) is 4.98 Å². The maximum Gasteiger partial charge on any atom is 0.142 e. The summed E-state index contributed by atoms with van der Waals surface area (Å²) in [7, 11) is 0. The first-order valence-electron chi connectivity index (χ1n) is 8.65. The zero-order valence-corrected chi connectivity index (χ0v) is 15.6. The minimum absolute atomic E-state index is 0.0571. The molecule has 0 fully saturated rings. The molecule has 0 bridgehead atoms. The van der Waals surface area contributed by atoms with Crippen LogP contribution in [0.2, 0.25) is 0 Å². The zero-order valence-electron chi connectivity index (χ0n) is 15.6. The average Bonchev–Trinajstić information content (AvgIpc) is 2.67. The van der Waals surface area contributed by atoms with E-state index in [1.165, 1.54) is 5.56 Å². The zero-order chi connectivity index (χ0) is 19.6. The molecule has 1 aromatic heterocycles. The molecule has 27 heavy (non-hydrogen) atoms. The molecule has 0 saturated carbocycles. The molecule has 0 aliphatic rings. The van der Waals surface area contributed by atoms with E-state index in [0.29, 0.717) is 16.8 Å². The van der Waals surface area contributed by atoms with Crippen molar-refractivity contribution in [1.82, 2.24) is 4.98 Å². The number of nitrogens with two attached hydrogens (primary N) is 1. The lowest BCUT2D eigenvalue weighted by atomic mass is 9.86. The van der Waals surface area contributed by atoms with Crippen molar-refractivity contribution in [2.75, 3.05) is 5.73 Å². The van der Waals surface area contributed by atoms with E-state index in [0.717, 1.165) is 16.7 Å². The quantitative estimate of drug-likeness (QED) is 0.700. The average molecular weight is 352 g/mol. The number of nitriles is 2. The normalized spacial score (nSPS) is 10.9. The predicted octanol–water partition coefficient (Wildman–Crippen LogP) is 5.04. The van der Waals surface area contributed by atoms with Crippen LogP contribution < -0.4 is 5.73 Å². The van der Waals surface area contributed by atoms with Gasteiger partial charge in [0.1, 0.15) is 17.5 Å². The third-order valence-electron chi connectivity index (χ3n) is 4.53. The van der Waals surface area contributed by atoms with E-state index in [1.54, 1.807) is 12.1 Å². The highest BCUT2D eigenvalue weighted by Gasteiger charge is 2.16. The predicted molar refractivity (Wildman–Crippen MR) is 108 cm³/mol. The summed E-state index contributed by atoms with van der Waals surface area (Å²) < 4.78 is 0. The lowest BCUT2D eigenvalue weighted by molar-refractivity contribution is 0.590. The lowest BCUT2D eigenvalue weighted by Gasteiger charge is -2.19. The molecule has 0 spiro atoms. The number of pyridine rings is 1. The Bertz CT molecular complexity index is 1060. The highest BCUT2D eigenvalue weighted by atomic mass is 14.8. The molecule has 4 nitrogen and oxygen atoms in total. The van der Waals surface area contributed by atoms with Gasteiger partial charge in [-0.05, 0) is 34.7 Å². The third kappa shape index (κ3) is 3.66. The second-order valence-electron chi connectivity index (χ2n) is 7.44. The van der Waals surface area contributed by atoms with Gasteiger partial charge in [0.15, 0.2) is 0 Å². The number of benzene rings is 2. The Morgan fingerprint density at radius 3 is 1.96 bits per heavy atom. The smallest absolute Gasteiger partial charge is 0.142 e. The van der Waals surface area contributed by atoms with Crippen LogP contribution in [0.25, 0.3) is 22.4 Å². The number of hydrogen-bond donors (Lipinski definition) is 1. The van der Waals surface area contributed by atoms with Gasteiger partial charge in [-0.15, -0.1) is 0 Å². The minimum Gasteiger partial charge on any atom is -0.383 e. The maximum absolute atomic E-state index is 9.57. The standard InChI is InChI=1S/C23H20N4/c1-23(2,3)18-10-8-16(9-11-18)19-12-21(27-22(26)20(19)14-25)17-6-4-15(13-24)5-7-17/h4-12H,1-3H3,(H2,26,27). The maximum atomic E-state index is 9.57. The number of hydrogen-bond acceptors (Lipinski definition) is 4. The van der Waals surface area contributed by atoms with Crippen molar-refractivity contribution in [2.24, 2.45) is 0 Å². The van der Waals surface area contributed by atoms with Crippen molar-refractivity contribution in [3.8, 4) is 34.5 Å². The monoisotopic (exact) mass is 352 g/mol. The van der Waals surface area contributed by atoms with E-state index < -0.39 is 0 Å². The van der Waals surface area contributed by atoms with Crippen molar-refractivity contribution in [3.63, 3.8) is 0 Å². The molecule has 2 aromatic carbocycles. The summed E-state index contributed by atoms with van der Waals surface area (Å²) in [5.74, 6) is 0.203. The van der Waals surface area contributed by atoms with Crippen LogP contribution in [0.1, 0.15) is 37.5 Å². The van der Waals surface area contributed by atoms with Gasteiger partial charge in [-0.2, -0.15) is 10.5 Å². The molecule has 0 aliphatic carbocycles. The number of anilines is 1. The van der Waals surface area contributed by atoms with Gasteiger partial charge in [-0.1, -0.05) is 57.2 Å². The second-order valence-corrected chi connectivity index (χ2v) is 7.44. The third-order valence-corrected chi connectivity index (χ3v) is 4.53. The van der Waals surface area contributed by atoms with Crippen molar-refractivity contribution < 1.29 is 0 Å². The van der Waals surface area contributed by atoms with Crippen molar-refractivity contribution in [3.05, 3.63) is 71.3 Å². The molecule has 3 aromatic rings. The summed E-state index contributed by atoms with van der Waals surface area (Å²) in [6.07, 6.45) is 0. The number of aromatic nitrogens is 1. The van der Waals surface area contributed by atoms with E-state index in [4.69, 9.17) is 11.0 Å². The first-order chi connectivity index (χ1) is 12.8. The van der Waals surface area contributed by atoms with Crippen LogP contribution in [-0.2, 0) is 5.41 Å². The SMILES string of the molecule is CC(C)(C)c1ccc(-c2cc(-c3ccc(C#N)cc3)nc(N)c2C#N)cc1. The first-order valence-corrected chi connectivity index (χ1v) is 8.65. The van der Waals surface area contributed by atoms with E-state index in [9.17, 15) is 5.26 Å². The van der Waals surface area contributed by atoms with E-state index in [1.807, 2.05) is 30.3 Å². The lowest BCUT2D eigenvalue weighted by Crippen LogP contribution is -2.10. The van der Waals surface area contributed by atoms with Crippen LogP contribution in [0.15, 0.2) is 54.6 Å². The molecule has 132 valence electrons. The van der Waals surface area contributed by atoms with Crippen LogP contribution in [-0.4, -0.2) is 4.98 Å². The molecule has 0 saturated heterocycles. The molecule has 1 heterocycles. The molecule has 3 rings (SSSR count). The number of nitrogen functional groups attached to an aromatic ring is 1. The topological polar surface area (TPSA) is 86.5 Å². The highest BCUT2D eigenvalue weighted by Crippen LogP contribution is 2.32. The summed E-state index contributed by atoms with van der Waals surface area (Å²) in [4.78, 5) is 4.39. The number of nitrogens with zero attached hydrogens (tertiary/aromatic N) is 3. The fraction of sp³-hybridized carbons (Fsp3) is 0.174. The molecule has 4 heteroatoms. The Balaban J connectivity index is 2.13. The van der Waals surface area contributed by atoms with Gasteiger partial charge in [0.25, 0.3) is 0 Å². The first kappa shape index (κ1) is 18.2. The summed E-state index contributed by atoms with van der Waals surface area (Å²) in [5, 5.41) is 18.5. The molecule has 2 N–H and O–H groups in total. The van der Waals surface area contributed by atoms with Gasteiger partial charge in [-0.3, -0.25) is 0 Å². The Hall–Kier alpha value is -3.63. The van der Waals surface area contributed by atoms with Crippen LogP contribution in [0.5, 0.6) is 0 Å². The fourth-order valence-electron chi connectivity index (χ4n) is 2.92. The summed E-state index contributed by atoms with van der Waals surface area (Å²) in [6.45, 7) is 6.49. The molecule has 0 radical (unpaired) electrons. The summed E-state index contributed by atoms with van der Waals surface area (Å²) in [6, 6.07) is 21.5. The largest absolute Gasteiger partial charge is 0.383 e. The van der Waals surface area contributed by atoms with E-state index in [2.05, 4.69) is 50.0 Å². The van der Waals surface area contributed by atoms with Gasteiger partial charge in [0, 0.05) is 11.1 Å². The van der Waals surface area contributed by atoms with Gasteiger partial charge >= 0.3 is 0 Å². The van der Waals surface area contributed by atoms with Gasteiger partial charge in [0.05, 0.1) is 17.3 Å². The molecule has 0 amide bonds. The molecular weight excluding hydrogens is 332 g/mol. The minimum atomic E-state index is 0.0571. The van der Waals surface area contributed by atoms with Crippen LogP contribution in [0, 0.1) is 22.7 Å². The molecular formula is C23H20N4. The Morgan fingerprint density at radius 2 is 1.44 bits per heavy atom. The van der Waals surface area contributed by atoms with Crippen molar-refractivity contribution >= 4 is 5.82 Å². The Kier molecular flexibility index (Phi) is 4.67. The van der Waals surface area contributed by atoms with Crippen molar-refractivity contribution in [1.29, 1.82) is 10.5 Å². The Morgan fingerprint density at radius 1 is 0.852 bits per heavy atom. The van der Waals surface area contributed by atoms with Crippen molar-refractivity contribution in [2.45, 2.75) is 26.2 Å². The fourth-order valence-corrected chi connectivity index (χ4v) is 2.92. The summed E-state index contributed by atoms with van der Waals surface area (Å²) >= 11 is 0.